The van der Waals surface area contributed by atoms with Gasteiger partial charge in [0.1, 0.15) is 10.7 Å². The Morgan fingerprint density at radius 1 is 1.21 bits per heavy atom. The Labute approximate surface area is 144 Å². The molecule has 1 unspecified atom stereocenters. The molecule has 1 atom stereocenters. The molecule has 0 aliphatic carbocycles. The molecule has 0 radical (unpaired) electrons. The van der Waals surface area contributed by atoms with Crippen LogP contribution in [0.3, 0.4) is 0 Å². The van der Waals surface area contributed by atoms with Crippen molar-refractivity contribution in [3.63, 3.8) is 0 Å². The Morgan fingerprint density at radius 3 is 2.38 bits per heavy atom. The number of anilines is 1. The number of hydrogen-bond acceptors (Lipinski definition) is 4. The predicted octanol–water partition coefficient (Wildman–Crippen LogP) is 3.94. The number of nitrogens with one attached hydrogen (secondary N) is 1. The standard InChI is InChI=1S/C16H18F2N2O2S2/c1-3-16(2,23-12-7-5-4-6-8-12)20-15-13(18)9-11(17)10-14(15)24(19,21)22/h4-10,20H,3H2,1-2H3,(H2,19,21,22). The van der Waals surface area contributed by atoms with Gasteiger partial charge >= 0.3 is 0 Å². The van der Waals surface area contributed by atoms with Crippen LogP contribution in [0.1, 0.15) is 20.3 Å². The van der Waals surface area contributed by atoms with Gasteiger partial charge < -0.3 is 5.32 Å². The molecule has 24 heavy (non-hydrogen) atoms. The number of hydrogen-bond donors (Lipinski definition) is 2. The van der Waals surface area contributed by atoms with E-state index in [1.807, 2.05) is 37.3 Å². The fourth-order valence-electron chi connectivity index (χ4n) is 2.09. The lowest BCUT2D eigenvalue weighted by molar-refractivity contribution is 0.565. The van der Waals surface area contributed by atoms with Gasteiger partial charge in [0.15, 0.2) is 5.82 Å². The number of sulfonamides is 1. The van der Waals surface area contributed by atoms with E-state index in [-0.39, 0.29) is 5.69 Å². The molecule has 0 saturated carbocycles. The topological polar surface area (TPSA) is 72.2 Å². The van der Waals surface area contributed by atoms with Gasteiger partial charge in [-0.15, -0.1) is 0 Å². The lowest BCUT2D eigenvalue weighted by Crippen LogP contribution is -2.32. The van der Waals surface area contributed by atoms with Gasteiger partial charge in [-0.2, -0.15) is 0 Å². The third-order valence-corrected chi connectivity index (χ3v) is 5.76. The number of benzene rings is 2. The van der Waals surface area contributed by atoms with E-state index in [1.165, 1.54) is 11.8 Å². The van der Waals surface area contributed by atoms with Crippen LogP contribution in [0.15, 0.2) is 52.3 Å². The zero-order chi connectivity index (χ0) is 18.0. The van der Waals surface area contributed by atoms with Crippen LogP contribution < -0.4 is 10.5 Å². The summed E-state index contributed by atoms with van der Waals surface area (Å²) in [7, 11) is -4.28. The molecule has 0 amide bonds. The van der Waals surface area contributed by atoms with Crippen molar-refractivity contribution >= 4 is 27.5 Å². The zero-order valence-electron chi connectivity index (χ0n) is 13.2. The SMILES string of the molecule is CCC(C)(Nc1c(F)cc(F)cc1S(N)(=O)=O)Sc1ccccc1. The smallest absolute Gasteiger partial charge is 0.240 e. The van der Waals surface area contributed by atoms with E-state index < -0.39 is 31.4 Å². The molecule has 0 heterocycles. The highest BCUT2D eigenvalue weighted by Gasteiger charge is 2.29. The molecular formula is C16H18F2N2O2S2. The Bertz CT molecular complexity index is 829. The summed E-state index contributed by atoms with van der Waals surface area (Å²) in [4.78, 5) is -0.401. The molecule has 0 bridgehead atoms. The summed E-state index contributed by atoms with van der Waals surface area (Å²) in [6.45, 7) is 3.68. The van der Waals surface area contributed by atoms with Crippen molar-refractivity contribution in [1.82, 2.24) is 0 Å². The minimum Gasteiger partial charge on any atom is -0.367 e. The van der Waals surface area contributed by atoms with Crippen LogP contribution in [0, 0.1) is 11.6 Å². The summed E-state index contributed by atoms with van der Waals surface area (Å²) in [5.74, 6) is -2.01. The van der Waals surface area contributed by atoms with Crippen molar-refractivity contribution in [2.45, 2.75) is 34.9 Å². The van der Waals surface area contributed by atoms with E-state index in [2.05, 4.69) is 5.32 Å². The minimum absolute atomic E-state index is 0.327. The number of halogens is 2. The Hall–Kier alpha value is -1.64. The van der Waals surface area contributed by atoms with Gasteiger partial charge in [-0.05, 0) is 31.5 Å². The third kappa shape index (κ3) is 4.46. The van der Waals surface area contributed by atoms with Crippen molar-refractivity contribution in [2.75, 3.05) is 5.32 Å². The van der Waals surface area contributed by atoms with Gasteiger partial charge in [0.25, 0.3) is 0 Å². The van der Waals surface area contributed by atoms with E-state index in [9.17, 15) is 17.2 Å². The summed E-state index contributed by atoms with van der Waals surface area (Å²) >= 11 is 1.41. The average Bonchev–Trinajstić information content (AvgIpc) is 2.50. The first-order valence-electron chi connectivity index (χ1n) is 7.19. The number of rotatable bonds is 6. The Morgan fingerprint density at radius 2 is 1.83 bits per heavy atom. The van der Waals surface area contributed by atoms with Crippen molar-refractivity contribution in [2.24, 2.45) is 5.14 Å². The molecule has 2 aromatic carbocycles. The normalized spacial score (nSPS) is 14.2. The fraction of sp³-hybridized carbons (Fsp3) is 0.250. The molecular weight excluding hydrogens is 354 g/mol. The van der Waals surface area contributed by atoms with E-state index in [1.54, 1.807) is 6.92 Å². The monoisotopic (exact) mass is 372 g/mol. The number of primary sulfonamides is 1. The second-order valence-electron chi connectivity index (χ2n) is 5.43. The second-order valence-corrected chi connectivity index (χ2v) is 8.54. The second kappa shape index (κ2) is 7.08. The number of nitrogens with two attached hydrogens (primary N) is 1. The summed E-state index contributed by atoms with van der Waals surface area (Å²) in [5.41, 5.74) is -0.327. The van der Waals surface area contributed by atoms with Crippen LogP contribution in [0.2, 0.25) is 0 Å². The van der Waals surface area contributed by atoms with Crippen molar-refractivity contribution < 1.29 is 17.2 Å². The van der Waals surface area contributed by atoms with Crippen LogP contribution in [0.4, 0.5) is 14.5 Å². The highest BCUT2D eigenvalue weighted by molar-refractivity contribution is 8.00. The molecule has 4 nitrogen and oxygen atoms in total. The van der Waals surface area contributed by atoms with Gasteiger partial charge in [-0.25, -0.2) is 22.3 Å². The molecule has 0 fully saturated rings. The molecule has 2 rings (SSSR count). The predicted molar refractivity (Wildman–Crippen MR) is 92.3 cm³/mol. The lowest BCUT2D eigenvalue weighted by atomic mass is 10.2. The number of thioether (sulfide) groups is 1. The molecule has 0 aromatic heterocycles. The largest absolute Gasteiger partial charge is 0.367 e. The van der Waals surface area contributed by atoms with Crippen molar-refractivity contribution in [1.29, 1.82) is 0 Å². The van der Waals surface area contributed by atoms with Gasteiger partial charge in [-0.1, -0.05) is 36.9 Å². The highest BCUT2D eigenvalue weighted by atomic mass is 32.2. The first-order chi connectivity index (χ1) is 11.1. The average molecular weight is 372 g/mol. The highest BCUT2D eigenvalue weighted by Crippen LogP contribution is 2.38. The third-order valence-electron chi connectivity index (χ3n) is 3.48. The van der Waals surface area contributed by atoms with Crippen LogP contribution in [0.5, 0.6) is 0 Å². The van der Waals surface area contributed by atoms with Crippen molar-refractivity contribution in [3.8, 4) is 0 Å². The minimum atomic E-state index is -4.28. The maximum absolute atomic E-state index is 14.2. The van der Waals surface area contributed by atoms with Gasteiger partial charge in [0, 0.05) is 11.0 Å². The van der Waals surface area contributed by atoms with Crippen LogP contribution >= 0.6 is 11.8 Å². The van der Waals surface area contributed by atoms with Crippen LogP contribution in [0.25, 0.3) is 0 Å². The maximum Gasteiger partial charge on any atom is 0.240 e. The first kappa shape index (κ1) is 18.7. The van der Waals surface area contributed by atoms with Crippen LogP contribution in [-0.2, 0) is 10.0 Å². The van der Waals surface area contributed by atoms with E-state index in [4.69, 9.17) is 5.14 Å². The van der Waals surface area contributed by atoms with Crippen LogP contribution in [-0.4, -0.2) is 13.3 Å². The molecule has 2 aromatic rings. The molecule has 8 heteroatoms. The molecule has 0 spiro atoms. The quantitative estimate of drug-likeness (QED) is 0.595. The molecule has 0 aliphatic rings. The Kier molecular flexibility index (Phi) is 5.52. The summed E-state index contributed by atoms with van der Waals surface area (Å²) in [5, 5.41) is 7.99. The van der Waals surface area contributed by atoms with E-state index in [0.717, 1.165) is 4.90 Å². The summed E-state index contributed by atoms with van der Waals surface area (Å²) < 4.78 is 51.0. The van der Waals surface area contributed by atoms with Gasteiger partial charge in [-0.3, -0.25) is 0 Å². The lowest BCUT2D eigenvalue weighted by Gasteiger charge is -2.31. The van der Waals surface area contributed by atoms with E-state index >= 15 is 0 Å². The zero-order valence-corrected chi connectivity index (χ0v) is 14.8. The fourth-order valence-corrected chi connectivity index (χ4v) is 3.92. The van der Waals surface area contributed by atoms with E-state index in [0.29, 0.717) is 18.6 Å². The summed E-state index contributed by atoms with van der Waals surface area (Å²) in [6.07, 6.45) is 0.549. The van der Waals surface area contributed by atoms with Gasteiger partial charge in [0.2, 0.25) is 10.0 Å². The van der Waals surface area contributed by atoms with Crippen molar-refractivity contribution in [3.05, 3.63) is 54.1 Å². The Balaban J connectivity index is 2.44. The molecule has 3 N–H and O–H groups in total. The molecule has 130 valence electrons. The molecule has 0 aliphatic heterocycles. The van der Waals surface area contributed by atoms with Gasteiger partial charge in [0.05, 0.1) is 10.6 Å². The maximum atomic E-state index is 14.2. The first-order valence-corrected chi connectivity index (χ1v) is 9.55. The molecule has 0 saturated heterocycles. The summed E-state index contributed by atoms with van der Waals surface area (Å²) in [6, 6.07) is 10.7.